The number of aromatic hydroxyl groups is 1. The molecule has 2 rings (SSSR count). The topological polar surface area (TPSA) is 160 Å². The van der Waals surface area contributed by atoms with Crippen LogP contribution in [0.15, 0.2) is 34.0 Å². The minimum atomic E-state index is -3.92. The van der Waals surface area contributed by atoms with Gasteiger partial charge in [0, 0.05) is 37.3 Å². The Labute approximate surface area is 212 Å². The number of pyridine rings is 1. The van der Waals surface area contributed by atoms with E-state index in [0.29, 0.717) is 23.5 Å². The smallest absolute Gasteiger partial charge is 0.271 e. The fraction of sp³-hybridized carbons (Fsp3) is 0.520. The lowest BCUT2D eigenvalue weighted by molar-refractivity contribution is -0.480. The van der Waals surface area contributed by atoms with E-state index in [0.717, 1.165) is 30.0 Å². The van der Waals surface area contributed by atoms with Crippen LogP contribution in [0.25, 0.3) is 0 Å². The molecule has 2 aromatic rings. The number of hydrogen-bond donors (Lipinski definition) is 4. The molecule has 0 fully saturated rings. The normalized spacial score (nSPS) is 12.6. The van der Waals surface area contributed by atoms with E-state index in [1.165, 1.54) is 16.7 Å². The van der Waals surface area contributed by atoms with Gasteiger partial charge in [-0.2, -0.15) is 9.57 Å². The van der Waals surface area contributed by atoms with Gasteiger partial charge in [-0.1, -0.05) is 33.1 Å². The lowest BCUT2D eigenvalue weighted by Gasteiger charge is -2.20. The molecule has 1 aromatic heterocycles. The van der Waals surface area contributed by atoms with Crippen molar-refractivity contribution in [3.05, 3.63) is 45.7 Å². The first kappa shape index (κ1) is 29.5. The van der Waals surface area contributed by atoms with Gasteiger partial charge in [0.25, 0.3) is 11.4 Å². The molecule has 198 valence electrons. The van der Waals surface area contributed by atoms with Crippen LogP contribution in [0.4, 0.5) is 11.4 Å². The van der Waals surface area contributed by atoms with Gasteiger partial charge in [0.05, 0.1) is 18.1 Å². The Hall–Kier alpha value is -2.75. The number of sulfonamides is 1. The van der Waals surface area contributed by atoms with Crippen LogP contribution >= 0.6 is 0 Å². The van der Waals surface area contributed by atoms with Crippen molar-refractivity contribution in [2.75, 3.05) is 26.3 Å². The van der Waals surface area contributed by atoms with E-state index in [-0.39, 0.29) is 48.6 Å². The summed E-state index contributed by atoms with van der Waals surface area (Å²) in [6.45, 7) is 5.00. The second-order valence-electron chi connectivity index (χ2n) is 8.75. The molecular weight excluding hydrogens is 484 g/mol. The lowest BCUT2D eigenvalue weighted by atomic mass is 9.99. The number of quaternary nitrogens is 1. The average molecular weight is 522 g/mol. The van der Waals surface area contributed by atoms with Gasteiger partial charge in [0.1, 0.15) is 17.3 Å². The molecule has 0 radical (unpaired) electrons. The minimum absolute atomic E-state index is 0.00751. The summed E-state index contributed by atoms with van der Waals surface area (Å²) >= 11 is 0. The highest BCUT2D eigenvalue weighted by Crippen LogP contribution is 2.27. The molecule has 0 saturated heterocycles. The van der Waals surface area contributed by atoms with Crippen LogP contribution in [0, 0.1) is 24.2 Å². The van der Waals surface area contributed by atoms with E-state index in [4.69, 9.17) is 10.2 Å². The molecule has 0 spiro atoms. The number of nitrogens with zero attached hydrogens (tertiary/aromatic N) is 3. The highest BCUT2D eigenvalue weighted by Gasteiger charge is 2.26. The molecule has 0 bridgehead atoms. The van der Waals surface area contributed by atoms with E-state index in [9.17, 15) is 23.6 Å². The first-order valence-corrected chi connectivity index (χ1v) is 13.6. The van der Waals surface area contributed by atoms with Gasteiger partial charge in [-0.3, -0.25) is 14.7 Å². The van der Waals surface area contributed by atoms with E-state index >= 15 is 0 Å². The number of nitriles is 1. The van der Waals surface area contributed by atoms with Crippen molar-refractivity contribution < 1.29 is 29.1 Å². The molecule has 5 N–H and O–H groups in total. The molecule has 0 aliphatic rings. The minimum Gasteiger partial charge on any atom is -0.490 e. The molecule has 36 heavy (non-hydrogen) atoms. The maximum atomic E-state index is 13.0. The van der Waals surface area contributed by atoms with E-state index in [1.807, 2.05) is 13.0 Å². The van der Waals surface area contributed by atoms with Crippen molar-refractivity contribution in [3.63, 3.8) is 0 Å². The van der Waals surface area contributed by atoms with Gasteiger partial charge in [0.15, 0.2) is 5.69 Å². The third-order valence-electron chi connectivity index (χ3n) is 6.36. The molecule has 0 aliphatic heterocycles. The van der Waals surface area contributed by atoms with Gasteiger partial charge in [-0.25, -0.2) is 8.42 Å². The summed E-state index contributed by atoms with van der Waals surface area (Å²) in [5, 5.41) is 40.6. The molecule has 11 heteroatoms. The summed E-state index contributed by atoms with van der Waals surface area (Å²) in [6.07, 6.45) is 3.78. The predicted octanol–water partition coefficient (Wildman–Crippen LogP) is 1.45. The predicted molar refractivity (Wildman–Crippen MR) is 136 cm³/mol. The van der Waals surface area contributed by atoms with E-state index in [1.54, 1.807) is 24.4 Å². The molecule has 1 atom stereocenters. The Balaban J connectivity index is 2.44. The molecule has 10 nitrogen and oxygen atoms in total. The largest absolute Gasteiger partial charge is 0.490 e. The highest BCUT2D eigenvalue weighted by molar-refractivity contribution is 7.89. The zero-order valence-corrected chi connectivity index (χ0v) is 22.0. The zero-order chi connectivity index (χ0) is 26.9. The molecule has 0 saturated carbocycles. The number of nitrogens with two attached hydrogens (primary N) is 1. The monoisotopic (exact) mass is 521 g/mol. The standard InChI is InChI=1S/C25H36N4O6S/c1-4-6-7-19(5-2)17-29-24(32)22(16-26)18(3)23(25(29)33)27-20-8-10-21(11-9-20)36(34,35)28(12-14-30)13-15-31/h8-11,19,27,30-31,33H,4-7,12-15,17H2,1-3H3/p+1. The van der Waals surface area contributed by atoms with Crippen LogP contribution in [-0.4, -0.2) is 58.9 Å². The molecule has 0 aliphatic carbocycles. The number of aliphatic hydroxyl groups excluding tert-OH is 2. The second kappa shape index (κ2) is 13.5. The van der Waals surface area contributed by atoms with Crippen molar-refractivity contribution in [2.45, 2.75) is 57.9 Å². The molecular formula is C25H37N4O6S+. The van der Waals surface area contributed by atoms with Gasteiger partial charge in [0.2, 0.25) is 10.0 Å². The van der Waals surface area contributed by atoms with Crippen LogP contribution in [0.2, 0.25) is 0 Å². The summed E-state index contributed by atoms with van der Waals surface area (Å²) in [5.74, 6) is -0.0406. The van der Waals surface area contributed by atoms with Crippen LogP contribution in [-0.2, 0) is 16.6 Å². The van der Waals surface area contributed by atoms with Gasteiger partial charge in [-0.15, -0.1) is 0 Å². The summed E-state index contributed by atoms with van der Waals surface area (Å²) in [5.41, 5.74) is 0.692. The van der Waals surface area contributed by atoms with Crippen LogP contribution in [0.1, 0.15) is 50.7 Å². The maximum absolute atomic E-state index is 13.0. The molecule has 1 aromatic carbocycles. The number of rotatable bonds is 14. The third-order valence-corrected chi connectivity index (χ3v) is 8.27. The molecule has 0 amide bonds. The zero-order valence-electron chi connectivity index (χ0n) is 21.1. The second-order valence-corrected chi connectivity index (χ2v) is 10.7. The van der Waals surface area contributed by atoms with Crippen molar-refractivity contribution >= 4 is 21.4 Å². The number of benzene rings is 1. The third kappa shape index (κ3) is 6.72. The Kier molecular flexibility index (Phi) is 11.1. The van der Waals surface area contributed by atoms with Crippen LogP contribution in [0.3, 0.4) is 0 Å². The first-order valence-electron chi connectivity index (χ1n) is 12.2. The van der Waals surface area contributed by atoms with Crippen LogP contribution < -0.4 is 10.9 Å². The summed E-state index contributed by atoms with van der Waals surface area (Å²) < 4.78 is 27.9. The first-order chi connectivity index (χ1) is 17.2. The summed E-state index contributed by atoms with van der Waals surface area (Å²) in [4.78, 5) is 12.9. The van der Waals surface area contributed by atoms with Crippen LogP contribution in [0.5, 0.6) is 5.88 Å². The number of hydrogen-bond acceptors (Lipinski definition) is 7. The quantitative estimate of drug-likeness (QED) is 0.274. The average Bonchev–Trinajstić information content (AvgIpc) is 2.86. The maximum Gasteiger partial charge on any atom is 0.271 e. The molecule has 1 unspecified atom stereocenters. The van der Waals surface area contributed by atoms with Crippen molar-refractivity contribution in [3.8, 4) is 11.9 Å². The van der Waals surface area contributed by atoms with E-state index < -0.39 is 15.6 Å². The fourth-order valence-corrected chi connectivity index (χ4v) is 5.54. The van der Waals surface area contributed by atoms with Gasteiger partial charge >= 0.3 is 0 Å². The van der Waals surface area contributed by atoms with E-state index in [2.05, 4.69) is 6.92 Å². The Morgan fingerprint density at radius 1 is 1.14 bits per heavy atom. The fourth-order valence-electron chi connectivity index (χ4n) is 4.12. The van der Waals surface area contributed by atoms with Crippen molar-refractivity contribution in [1.29, 1.82) is 5.26 Å². The summed E-state index contributed by atoms with van der Waals surface area (Å²) in [6, 6.07) is 7.87. The summed E-state index contributed by atoms with van der Waals surface area (Å²) in [7, 11) is -3.92. The van der Waals surface area contributed by atoms with Crippen molar-refractivity contribution in [2.24, 2.45) is 5.92 Å². The van der Waals surface area contributed by atoms with Gasteiger partial charge < -0.3 is 15.3 Å². The molecule has 1 heterocycles. The number of unbranched alkanes of at least 4 members (excludes halogenated alkanes) is 1. The van der Waals surface area contributed by atoms with Gasteiger partial charge in [-0.05, 0) is 31.4 Å². The SMILES string of the molecule is CCCCC(CC)Cn1c(O)c([NH2+]c2ccc(S(=O)(=O)N(CCO)CCO)cc2)c(C)c(C#N)c1=O. The highest BCUT2D eigenvalue weighted by atomic mass is 32.2. The Bertz CT molecular complexity index is 1210. The Morgan fingerprint density at radius 2 is 1.75 bits per heavy atom. The number of aromatic nitrogens is 1. The lowest BCUT2D eigenvalue weighted by Crippen LogP contribution is -2.71. The Morgan fingerprint density at radius 3 is 2.25 bits per heavy atom. The number of aliphatic hydroxyl groups is 2. The van der Waals surface area contributed by atoms with Crippen molar-refractivity contribution in [1.82, 2.24) is 8.87 Å².